The van der Waals surface area contributed by atoms with Crippen molar-refractivity contribution in [1.82, 2.24) is 10.2 Å². The first kappa shape index (κ1) is 17.8. The van der Waals surface area contributed by atoms with Gasteiger partial charge in [0.1, 0.15) is 5.76 Å². The SMILES string of the molecule is O=C(NCc1ccco1)c1ccc(C(=O)N2CCC3(CC2)OCCO3)cc1. The number of likely N-dealkylation sites (tertiary alicyclic amines) is 1. The third kappa shape index (κ3) is 3.89. The van der Waals surface area contributed by atoms with Crippen molar-refractivity contribution in [3.63, 3.8) is 0 Å². The van der Waals surface area contributed by atoms with Crippen LogP contribution in [0.5, 0.6) is 0 Å². The quantitative estimate of drug-likeness (QED) is 0.892. The third-order valence-corrected chi connectivity index (χ3v) is 5.02. The molecule has 0 saturated carbocycles. The Morgan fingerprint density at radius 1 is 1.00 bits per heavy atom. The van der Waals surface area contributed by atoms with Crippen LogP contribution < -0.4 is 5.32 Å². The van der Waals surface area contributed by atoms with Crippen LogP contribution in [0.2, 0.25) is 0 Å². The van der Waals surface area contributed by atoms with Gasteiger partial charge < -0.3 is 24.1 Å². The summed E-state index contributed by atoms with van der Waals surface area (Å²) in [7, 11) is 0. The van der Waals surface area contributed by atoms with E-state index in [1.165, 1.54) is 0 Å². The second-order valence-corrected chi connectivity index (χ2v) is 6.74. The van der Waals surface area contributed by atoms with Gasteiger partial charge in [0.05, 0.1) is 26.0 Å². The molecule has 1 aromatic heterocycles. The molecule has 0 atom stereocenters. The van der Waals surface area contributed by atoms with Crippen LogP contribution >= 0.6 is 0 Å². The Balaban J connectivity index is 1.33. The minimum atomic E-state index is -0.493. The standard InChI is InChI=1S/C20H22N2O5/c23-18(21-14-17-2-1-11-25-17)15-3-5-16(6-4-15)19(24)22-9-7-20(8-10-22)26-12-13-27-20/h1-6,11H,7-10,12-14H2,(H,21,23). The normalized spacial score (nSPS) is 18.6. The fraction of sp³-hybridized carbons (Fsp3) is 0.400. The number of hydrogen-bond acceptors (Lipinski definition) is 5. The zero-order valence-electron chi connectivity index (χ0n) is 15.0. The molecule has 7 nitrogen and oxygen atoms in total. The first-order valence-electron chi connectivity index (χ1n) is 9.13. The fourth-order valence-electron chi connectivity index (χ4n) is 3.47. The number of ether oxygens (including phenoxy) is 2. The molecule has 3 heterocycles. The summed E-state index contributed by atoms with van der Waals surface area (Å²) in [4.78, 5) is 26.7. The van der Waals surface area contributed by atoms with Crippen molar-refractivity contribution in [1.29, 1.82) is 0 Å². The van der Waals surface area contributed by atoms with Gasteiger partial charge in [-0.05, 0) is 36.4 Å². The van der Waals surface area contributed by atoms with Crippen LogP contribution in [0, 0.1) is 0 Å². The Labute approximate surface area is 157 Å². The van der Waals surface area contributed by atoms with Crippen molar-refractivity contribution in [2.75, 3.05) is 26.3 Å². The smallest absolute Gasteiger partial charge is 0.253 e. The lowest BCUT2D eigenvalue weighted by Crippen LogP contribution is -2.47. The molecule has 0 radical (unpaired) electrons. The fourth-order valence-corrected chi connectivity index (χ4v) is 3.47. The summed E-state index contributed by atoms with van der Waals surface area (Å²) < 4.78 is 16.6. The highest BCUT2D eigenvalue weighted by atomic mass is 16.7. The van der Waals surface area contributed by atoms with E-state index in [1.54, 1.807) is 42.7 Å². The number of furan rings is 1. The number of amides is 2. The molecule has 2 aromatic rings. The van der Waals surface area contributed by atoms with Gasteiger partial charge in [-0.1, -0.05) is 0 Å². The summed E-state index contributed by atoms with van der Waals surface area (Å²) in [5.41, 5.74) is 1.07. The first-order chi connectivity index (χ1) is 13.2. The van der Waals surface area contributed by atoms with Gasteiger partial charge in [0.2, 0.25) is 0 Å². The Morgan fingerprint density at radius 3 is 2.30 bits per heavy atom. The van der Waals surface area contributed by atoms with Crippen LogP contribution in [-0.2, 0) is 16.0 Å². The topological polar surface area (TPSA) is 81.0 Å². The van der Waals surface area contributed by atoms with E-state index in [9.17, 15) is 9.59 Å². The highest BCUT2D eigenvalue weighted by Gasteiger charge is 2.40. The van der Waals surface area contributed by atoms with Crippen LogP contribution in [-0.4, -0.2) is 48.8 Å². The summed E-state index contributed by atoms with van der Waals surface area (Å²) in [6, 6.07) is 10.3. The van der Waals surface area contributed by atoms with E-state index >= 15 is 0 Å². The van der Waals surface area contributed by atoms with Gasteiger partial charge in [-0.2, -0.15) is 0 Å². The molecule has 2 fully saturated rings. The third-order valence-electron chi connectivity index (χ3n) is 5.02. The van der Waals surface area contributed by atoms with Crippen molar-refractivity contribution < 1.29 is 23.5 Å². The largest absolute Gasteiger partial charge is 0.467 e. The maximum Gasteiger partial charge on any atom is 0.253 e. The zero-order valence-corrected chi connectivity index (χ0v) is 15.0. The van der Waals surface area contributed by atoms with E-state index in [0.29, 0.717) is 62.6 Å². The van der Waals surface area contributed by atoms with Gasteiger partial charge in [-0.15, -0.1) is 0 Å². The molecule has 7 heteroatoms. The zero-order chi connectivity index (χ0) is 18.7. The van der Waals surface area contributed by atoms with E-state index in [1.807, 2.05) is 4.90 Å². The lowest BCUT2D eigenvalue weighted by molar-refractivity contribution is -0.181. The minimum absolute atomic E-state index is 0.0367. The highest BCUT2D eigenvalue weighted by Crippen LogP contribution is 2.31. The molecule has 2 aliphatic heterocycles. The number of hydrogen-bond donors (Lipinski definition) is 1. The molecule has 2 amide bonds. The molecular formula is C20H22N2O5. The van der Waals surface area contributed by atoms with Crippen molar-refractivity contribution in [3.05, 3.63) is 59.5 Å². The molecular weight excluding hydrogens is 348 g/mol. The summed E-state index contributed by atoms with van der Waals surface area (Å²) >= 11 is 0. The number of carbonyl (C=O) groups is 2. The molecule has 0 unspecified atom stereocenters. The average Bonchev–Trinajstić information content (AvgIpc) is 3.39. The number of benzene rings is 1. The molecule has 27 heavy (non-hydrogen) atoms. The van der Waals surface area contributed by atoms with E-state index in [2.05, 4.69) is 5.32 Å². The van der Waals surface area contributed by atoms with Crippen molar-refractivity contribution in [2.45, 2.75) is 25.2 Å². The van der Waals surface area contributed by atoms with Crippen molar-refractivity contribution in [2.24, 2.45) is 0 Å². The predicted molar refractivity (Wildman–Crippen MR) is 96.1 cm³/mol. The predicted octanol–water partition coefficient (Wildman–Crippen LogP) is 2.19. The van der Waals surface area contributed by atoms with E-state index < -0.39 is 5.79 Å². The lowest BCUT2D eigenvalue weighted by atomic mass is 10.0. The van der Waals surface area contributed by atoms with Gasteiger partial charge in [-0.3, -0.25) is 9.59 Å². The molecule has 142 valence electrons. The van der Waals surface area contributed by atoms with E-state index in [4.69, 9.17) is 13.9 Å². The highest BCUT2D eigenvalue weighted by molar-refractivity contribution is 5.97. The van der Waals surface area contributed by atoms with Gasteiger partial charge in [0, 0.05) is 37.1 Å². The maximum atomic E-state index is 12.7. The molecule has 4 rings (SSSR count). The molecule has 1 aromatic carbocycles. The second-order valence-electron chi connectivity index (χ2n) is 6.74. The van der Waals surface area contributed by atoms with Crippen LogP contribution in [0.3, 0.4) is 0 Å². The van der Waals surface area contributed by atoms with E-state index in [0.717, 1.165) is 0 Å². The molecule has 0 bridgehead atoms. The molecule has 2 aliphatic rings. The lowest BCUT2D eigenvalue weighted by Gasteiger charge is -2.37. The van der Waals surface area contributed by atoms with Gasteiger partial charge in [0.25, 0.3) is 11.8 Å². The summed E-state index contributed by atoms with van der Waals surface area (Å²) in [5, 5.41) is 2.79. The van der Waals surface area contributed by atoms with Crippen molar-refractivity contribution >= 4 is 11.8 Å². The maximum absolute atomic E-state index is 12.7. The Kier molecular flexibility index (Phi) is 4.96. The number of nitrogens with one attached hydrogen (secondary N) is 1. The Bertz CT molecular complexity index is 784. The summed E-state index contributed by atoms with van der Waals surface area (Å²) in [6.45, 7) is 2.77. The number of piperidine rings is 1. The summed E-state index contributed by atoms with van der Waals surface area (Å²) in [5.74, 6) is -0.0494. The van der Waals surface area contributed by atoms with Crippen LogP contribution in [0.25, 0.3) is 0 Å². The number of rotatable bonds is 4. The number of carbonyl (C=O) groups excluding carboxylic acids is 2. The van der Waals surface area contributed by atoms with E-state index in [-0.39, 0.29) is 11.8 Å². The Morgan fingerprint density at radius 2 is 1.67 bits per heavy atom. The summed E-state index contributed by atoms with van der Waals surface area (Å²) in [6.07, 6.45) is 2.94. The van der Waals surface area contributed by atoms with Gasteiger partial charge >= 0.3 is 0 Å². The van der Waals surface area contributed by atoms with Gasteiger partial charge in [-0.25, -0.2) is 0 Å². The molecule has 0 aliphatic carbocycles. The van der Waals surface area contributed by atoms with Crippen molar-refractivity contribution in [3.8, 4) is 0 Å². The first-order valence-corrected chi connectivity index (χ1v) is 9.13. The number of nitrogens with zero attached hydrogens (tertiary/aromatic N) is 1. The van der Waals surface area contributed by atoms with Crippen LogP contribution in [0.4, 0.5) is 0 Å². The minimum Gasteiger partial charge on any atom is -0.467 e. The molecule has 2 saturated heterocycles. The second kappa shape index (κ2) is 7.54. The molecule has 1 spiro atoms. The van der Waals surface area contributed by atoms with Crippen LogP contribution in [0.15, 0.2) is 47.1 Å². The monoisotopic (exact) mass is 370 g/mol. The van der Waals surface area contributed by atoms with Gasteiger partial charge in [0.15, 0.2) is 5.79 Å². The van der Waals surface area contributed by atoms with Crippen LogP contribution in [0.1, 0.15) is 39.3 Å². The average molecular weight is 370 g/mol. The molecule has 1 N–H and O–H groups in total. The Hall–Kier alpha value is -2.64.